The predicted octanol–water partition coefficient (Wildman–Crippen LogP) is 1.61. The molecule has 1 saturated heterocycles. The van der Waals surface area contributed by atoms with Gasteiger partial charge in [-0.15, -0.1) is 0 Å². The molecule has 2 N–H and O–H groups in total. The number of nitrogens with zero attached hydrogens (tertiary/aromatic N) is 1. The van der Waals surface area contributed by atoms with Crippen molar-refractivity contribution in [2.45, 2.75) is 57.6 Å². The van der Waals surface area contributed by atoms with Crippen molar-refractivity contribution in [2.24, 2.45) is 5.92 Å². The van der Waals surface area contributed by atoms with Crippen molar-refractivity contribution in [3.05, 3.63) is 0 Å². The van der Waals surface area contributed by atoms with Crippen LogP contribution >= 0.6 is 0 Å². The fourth-order valence-electron chi connectivity index (χ4n) is 2.73. The van der Waals surface area contributed by atoms with Gasteiger partial charge in [-0.05, 0) is 51.6 Å². The number of aliphatic hydroxyl groups excluding tert-OH is 1. The SMILES string of the molecule is CC(CC1CC1)NCCCN1CCC(O)CC1. The summed E-state index contributed by atoms with van der Waals surface area (Å²) in [6, 6.07) is 0.700. The Morgan fingerprint density at radius 2 is 1.94 bits per heavy atom. The van der Waals surface area contributed by atoms with Crippen LogP contribution in [-0.4, -0.2) is 48.3 Å². The lowest BCUT2D eigenvalue weighted by atomic mass is 10.1. The number of nitrogens with one attached hydrogen (secondary N) is 1. The maximum atomic E-state index is 9.42. The highest BCUT2D eigenvalue weighted by Gasteiger charge is 2.23. The topological polar surface area (TPSA) is 35.5 Å². The number of likely N-dealkylation sites (tertiary alicyclic amines) is 1. The van der Waals surface area contributed by atoms with Crippen molar-refractivity contribution < 1.29 is 5.11 Å². The summed E-state index contributed by atoms with van der Waals surface area (Å²) in [6.07, 6.45) is 7.42. The molecule has 0 aromatic carbocycles. The molecule has 2 fully saturated rings. The van der Waals surface area contributed by atoms with Crippen LogP contribution in [0.4, 0.5) is 0 Å². The van der Waals surface area contributed by atoms with E-state index in [1.165, 1.54) is 32.2 Å². The van der Waals surface area contributed by atoms with E-state index in [9.17, 15) is 5.11 Å². The van der Waals surface area contributed by atoms with Gasteiger partial charge in [0.05, 0.1) is 6.10 Å². The van der Waals surface area contributed by atoms with Crippen LogP contribution < -0.4 is 5.32 Å². The van der Waals surface area contributed by atoms with Gasteiger partial charge in [0.15, 0.2) is 0 Å². The third kappa shape index (κ3) is 5.36. The van der Waals surface area contributed by atoms with Gasteiger partial charge in [-0.1, -0.05) is 12.8 Å². The van der Waals surface area contributed by atoms with Gasteiger partial charge in [-0.2, -0.15) is 0 Å². The summed E-state index contributed by atoms with van der Waals surface area (Å²) in [5, 5.41) is 13.0. The van der Waals surface area contributed by atoms with Crippen LogP contribution in [0.3, 0.4) is 0 Å². The molecule has 0 spiro atoms. The van der Waals surface area contributed by atoms with E-state index in [4.69, 9.17) is 0 Å². The quantitative estimate of drug-likeness (QED) is 0.664. The Kier molecular flexibility index (Phi) is 5.26. The van der Waals surface area contributed by atoms with Crippen LogP contribution in [0.15, 0.2) is 0 Å². The van der Waals surface area contributed by atoms with Crippen molar-refractivity contribution in [1.29, 1.82) is 0 Å². The average Bonchev–Trinajstić information content (AvgIpc) is 3.11. The third-order valence-corrected chi connectivity index (χ3v) is 4.08. The summed E-state index contributed by atoms with van der Waals surface area (Å²) in [6.45, 7) is 6.82. The van der Waals surface area contributed by atoms with Gasteiger partial charge in [-0.25, -0.2) is 0 Å². The van der Waals surface area contributed by atoms with Crippen LogP contribution in [-0.2, 0) is 0 Å². The Bertz CT molecular complexity index is 210. The Morgan fingerprint density at radius 1 is 1.24 bits per heavy atom. The Balaban J connectivity index is 1.45. The first-order valence-electron chi connectivity index (χ1n) is 7.38. The van der Waals surface area contributed by atoms with Gasteiger partial charge < -0.3 is 15.3 Å². The van der Waals surface area contributed by atoms with Gasteiger partial charge >= 0.3 is 0 Å². The fourth-order valence-corrected chi connectivity index (χ4v) is 2.73. The molecule has 3 heteroatoms. The smallest absolute Gasteiger partial charge is 0.0564 e. The van der Waals surface area contributed by atoms with Crippen LogP contribution in [0, 0.1) is 5.92 Å². The number of hydrogen-bond acceptors (Lipinski definition) is 3. The van der Waals surface area contributed by atoms with Gasteiger partial charge in [0.2, 0.25) is 0 Å². The summed E-state index contributed by atoms with van der Waals surface area (Å²) in [7, 11) is 0. The molecule has 2 aliphatic rings. The van der Waals surface area contributed by atoms with Gasteiger partial charge in [-0.3, -0.25) is 0 Å². The maximum absolute atomic E-state index is 9.42. The second-order valence-electron chi connectivity index (χ2n) is 5.96. The van der Waals surface area contributed by atoms with E-state index in [1.807, 2.05) is 0 Å². The molecule has 100 valence electrons. The highest BCUT2D eigenvalue weighted by molar-refractivity contribution is 4.78. The van der Waals surface area contributed by atoms with Crippen molar-refractivity contribution in [3.8, 4) is 0 Å². The van der Waals surface area contributed by atoms with Gasteiger partial charge in [0, 0.05) is 19.1 Å². The fraction of sp³-hybridized carbons (Fsp3) is 1.00. The first-order chi connectivity index (χ1) is 8.24. The second-order valence-corrected chi connectivity index (χ2v) is 5.96. The molecule has 0 amide bonds. The number of piperidine rings is 1. The second kappa shape index (κ2) is 6.72. The van der Waals surface area contributed by atoms with Crippen LogP contribution in [0.25, 0.3) is 0 Å². The third-order valence-electron chi connectivity index (χ3n) is 4.08. The molecule has 1 saturated carbocycles. The zero-order valence-electron chi connectivity index (χ0n) is 11.2. The summed E-state index contributed by atoms with van der Waals surface area (Å²) in [5.74, 6) is 1.03. The monoisotopic (exact) mass is 240 g/mol. The van der Waals surface area contributed by atoms with Crippen LogP contribution in [0.5, 0.6) is 0 Å². The van der Waals surface area contributed by atoms with E-state index in [1.54, 1.807) is 0 Å². The number of aliphatic hydroxyl groups is 1. The molecule has 1 unspecified atom stereocenters. The normalized spacial score (nSPS) is 25.1. The molecule has 0 aromatic heterocycles. The summed E-state index contributed by atoms with van der Waals surface area (Å²) in [4.78, 5) is 2.49. The van der Waals surface area contributed by atoms with E-state index in [0.717, 1.165) is 38.4 Å². The molecular formula is C14H28N2O. The standard InChI is InChI=1S/C14H28N2O/c1-12(11-13-3-4-13)15-7-2-8-16-9-5-14(17)6-10-16/h12-15,17H,2-11H2,1H3. The summed E-state index contributed by atoms with van der Waals surface area (Å²) < 4.78 is 0. The van der Waals surface area contributed by atoms with E-state index in [2.05, 4.69) is 17.1 Å². The minimum absolute atomic E-state index is 0.0389. The van der Waals surface area contributed by atoms with Gasteiger partial charge in [0.25, 0.3) is 0 Å². The van der Waals surface area contributed by atoms with Crippen LogP contribution in [0.1, 0.15) is 45.4 Å². The lowest BCUT2D eigenvalue weighted by molar-refractivity contribution is 0.0820. The first kappa shape index (κ1) is 13.3. The molecule has 1 atom stereocenters. The molecular weight excluding hydrogens is 212 g/mol. The van der Waals surface area contributed by atoms with Crippen molar-refractivity contribution >= 4 is 0 Å². The average molecular weight is 240 g/mol. The minimum Gasteiger partial charge on any atom is -0.393 e. The number of hydrogen-bond donors (Lipinski definition) is 2. The van der Waals surface area contributed by atoms with E-state index < -0.39 is 0 Å². The molecule has 1 aliphatic carbocycles. The molecule has 0 aromatic rings. The molecule has 0 bridgehead atoms. The Morgan fingerprint density at radius 3 is 2.59 bits per heavy atom. The van der Waals surface area contributed by atoms with Crippen LogP contribution in [0.2, 0.25) is 0 Å². The maximum Gasteiger partial charge on any atom is 0.0564 e. The molecule has 3 nitrogen and oxygen atoms in total. The highest BCUT2D eigenvalue weighted by Crippen LogP contribution is 2.33. The molecule has 1 heterocycles. The zero-order valence-corrected chi connectivity index (χ0v) is 11.2. The zero-order chi connectivity index (χ0) is 12.1. The van der Waals surface area contributed by atoms with Gasteiger partial charge in [0.1, 0.15) is 0 Å². The summed E-state index contributed by atoms with van der Waals surface area (Å²) in [5.41, 5.74) is 0. The lowest BCUT2D eigenvalue weighted by Crippen LogP contribution is -2.38. The first-order valence-corrected chi connectivity index (χ1v) is 7.38. The van der Waals surface area contributed by atoms with Crippen molar-refractivity contribution in [1.82, 2.24) is 10.2 Å². The van der Waals surface area contributed by atoms with E-state index in [0.29, 0.717) is 6.04 Å². The van der Waals surface area contributed by atoms with E-state index in [-0.39, 0.29) is 6.10 Å². The molecule has 0 radical (unpaired) electrons. The van der Waals surface area contributed by atoms with E-state index >= 15 is 0 Å². The molecule has 17 heavy (non-hydrogen) atoms. The largest absolute Gasteiger partial charge is 0.393 e. The minimum atomic E-state index is -0.0389. The van der Waals surface area contributed by atoms with Crippen molar-refractivity contribution in [2.75, 3.05) is 26.2 Å². The Labute approximate surface area is 106 Å². The number of rotatable bonds is 7. The lowest BCUT2D eigenvalue weighted by Gasteiger charge is -2.29. The molecule has 2 rings (SSSR count). The highest BCUT2D eigenvalue weighted by atomic mass is 16.3. The predicted molar refractivity (Wildman–Crippen MR) is 71.1 cm³/mol. The Hall–Kier alpha value is -0.120. The molecule has 1 aliphatic heterocycles. The van der Waals surface area contributed by atoms with Crippen molar-refractivity contribution in [3.63, 3.8) is 0 Å². The summed E-state index contributed by atoms with van der Waals surface area (Å²) >= 11 is 0.